The first-order chi connectivity index (χ1) is 9.06. The Morgan fingerprint density at radius 2 is 2.16 bits per heavy atom. The number of likely N-dealkylation sites (N-methyl/N-ethyl adjacent to an activating group) is 1. The third kappa shape index (κ3) is 5.51. The molecule has 1 atom stereocenters. The lowest BCUT2D eigenvalue weighted by Crippen LogP contribution is -2.22. The molecule has 0 fully saturated rings. The van der Waals surface area contributed by atoms with Gasteiger partial charge in [0.1, 0.15) is 0 Å². The standard InChI is InChI=1S/C14H27ClN4/c1-5-7-16-8-6-12(2)14-13(15)11-17-19(14)10-9-18(3)4/h11-12,16H,5-10H2,1-4H3. The summed E-state index contributed by atoms with van der Waals surface area (Å²) in [5.41, 5.74) is 1.17. The zero-order chi connectivity index (χ0) is 14.3. The summed E-state index contributed by atoms with van der Waals surface area (Å²) in [6.45, 7) is 8.39. The van der Waals surface area contributed by atoms with Gasteiger partial charge in [0.15, 0.2) is 0 Å². The summed E-state index contributed by atoms with van der Waals surface area (Å²) in [4.78, 5) is 2.16. The van der Waals surface area contributed by atoms with Gasteiger partial charge in [-0.15, -0.1) is 0 Å². The second-order valence-corrected chi connectivity index (χ2v) is 5.75. The number of aromatic nitrogens is 2. The second kappa shape index (κ2) is 8.56. The van der Waals surface area contributed by atoms with Crippen LogP contribution in [0, 0.1) is 0 Å². The Morgan fingerprint density at radius 3 is 2.79 bits per heavy atom. The molecule has 5 heteroatoms. The molecule has 1 heterocycles. The van der Waals surface area contributed by atoms with Gasteiger partial charge >= 0.3 is 0 Å². The molecule has 0 aromatic carbocycles. The first-order valence-electron chi connectivity index (χ1n) is 7.12. The first-order valence-corrected chi connectivity index (χ1v) is 7.50. The fraction of sp³-hybridized carbons (Fsp3) is 0.786. The molecule has 0 aliphatic carbocycles. The smallest absolute Gasteiger partial charge is 0.0820 e. The predicted octanol–water partition coefficient (Wildman–Crippen LogP) is 2.59. The van der Waals surface area contributed by atoms with Gasteiger partial charge in [0.2, 0.25) is 0 Å². The van der Waals surface area contributed by atoms with Crippen LogP contribution in [0.4, 0.5) is 0 Å². The summed E-state index contributed by atoms with van der Waals surface area (Å²) < 4.78 is 2.05. The van der Waals surface area contributed by atoms with Gasteiger partial charge in [-0.25, -0.2) is 0 Å². The summed E-state index contributed by atoms with van der Waals surface area (Å²) >= 11 is 6.28. The minimum atomic E-state index is 0.432. The lowest BCUT2D eigenvalue weighted by Gasteiger charge is -2.17. The molecule has 0 amide bonds. The molecule has 0 aliphatic heterocycles. The van der Waals surface area contributed by atoms with Crippen molar-refractivity contribution in [2.24, 2.45) is 0 Å². The van der Waals surface area contributed by atoms with Crippen molar-refractivity contribution in [2.75, 3.05) is 33.7 Å². The zero-order valence-corrected chi connectivity index (χ0v) is 13.4. The molecular weight excluding hydrogens is 260 g/mol. The minimum Gasteiger partial charge on any atom is -0.317 e. The van der Waals surface area contributed by atoms with Gasteiger partial charge in [-0.05, 0) is 40.0 Å². The summed E-state index contributed by atoms with van der Waals surface area (Å²) in [6, 6.07) is 0. The SMILES string of the molecule is CCCNCCC(C)c1c(Cl)cnn1CCN(C)C. The third-order valence-electron chi connectivity index (χ3n) is 3.24. The third-order valence-corrected chi connectivity index (χ3v) is 3.53. The topological polar surface area (TPSA) is 33.1 Å². The molecule has 1 aromatic rings. The van der Waals surface area contributed by atoms with Crippen LogP contribution in [0.1, 0.15) is 38.3 Å². The van der Waals surface area contributed by atoms with Crippen molar-refractivity contribution in [3.63, 3.8) is 0 Å². The largest absolute Gasteiger partial charge is 0.317 e. The molecule has 0 bridgehead atoms. The normalized spacial score (nSPS) is 13.2. The van der Waals surface area contributed by atoms with Crippen LogP contribution in [-0.2, 0) is 6.54 Å². The van der Waals surface area contributed by atoms with Crippen molar-refractivity contribution in [3.8, 4) is 0 Å². The molecule has 0 spiro atoms. The Morgan fingerprint density at radius 1 is 1.42 bits per heavy atom. The first kappa shape index (κ1) is 16.5. The highest BCUT2D eigenvalue weighted by Crippen LogP contribution is 2.26. The van der Waals surface area contributed by atoms with E-state index in [0.717, 1.165) is 37.6 Å². The van der Waals surface area contributed by atoms with Crippen LogP contribution < -0.4 is 5.32 Å². The summed E-state index contributed by atoms with van der Waals surface area (Å²) in [5.74, 6) is 0.432. The van der Waals surface area contributed by atoms with Crippen molar-refractivity contribution >= 4 is 11.6 Å². The van der Waals surface area contributed by atoms with Crippen molar-refractivity contribution in [3.05, 3.63) is 16.9 Å². The molecule has 4 nitrogen and oxygen atoms in total. The maximum absolute atomic E-state index is 6.28. The van der Waals surface area contributed by atoms with E-state index in [4.69, 9.17) is 11.6 Å². The molecule has 1 unspecified atom stereocenters. The molecule has 110 valence electrons. The van der Waals surface area contributed by atoms with Gasteiger partial charge in [-0.3, -0.25) is 4.68 Å². The van der Waals surface area contributed by atoms with E-state index in [9.17, 15) is 0 Å². The summed E-state index contributed by atoms with van der Waals surface area (Å²) in [5, 5.41) is 8.62. The van der Waals surface area contributed by atoms with Crippen LogP contribution in [0.25, 0.3) is 0 Å². The van der Waals surface area contributed by atoms with Crippen molar-refractivity contribution in [2.45, 2.75) is 39.2 Å². The average Bonchev–Trinajstić information content (AvgIpc) is 2.73. The Hall–Kier alpha value is -0.580. The number of halogens is 1. The molecule has 19 heavy (non-hydrogen) atoms. The maximum Gasteiger partial charge on any atom is 0.0820 e. The van der Waals surface area contributed by atoms with Crippen LogP contribution in [-0.4, -0.2) is 48.4 Å². The van der Waals surface area contributed by atoms with E-state index in [0.29, 0.717) is 5.92 Å². The fourth-order valence-corrected chi connectivity index (χ4v) is 2.42. The quantitative estimate of drug-likeness (QED) is 0.709. The van der Waals surface area contributed by atoms with Gasteiger partial charge in [0.25, 0.3) is 0 Å². The highest BCUT2D eigenvalue weighted by molar-refractivity contribution is 6.31. The van der Waals surface area contributed by atoms with Crippen molar-refractivity contribution in [1.82, 2.24) is 20.0 Å². The predicted molar refractivity (Wildman–Crippen MR) is 82.0 cm³/mol. The van der Waals surface area contributed by atoms with E-state index >= 15 is 0 Å². The Labute approximate surface area is 122 Å². The summed E-state index contributed by atoms with van der Waals surface area (Å²) in [6.07, 6.45) is 4.03. The number of rotatable bonds is 9. The summed E-state index contributed by atoms with van der Waals surface area (Å²) in [7, 11) is 4.14. The molecule has 1 aromatic heterocycles. The monoisotopic (exact) mass is 286 g/mol. The number of hydrogen-bond acceptors (Lipinski definition) is 3. The van der Waals surface area contributed by atoms with Crippen LogP contribution in [0.15, 0.2) is 6.20 Å². The van der Waals surface area contributed by atoms with E-state index in [1.54, 1.807) is 6.20 Å². The van der Waals surface area contributed by atoms with E-state index < -0.39 is 0 Å². The van der Waals surface area contributed by atoms with Crippen LogP contribution in [0.3, 0.4) is 0 Å². The molecule has 1 N–H and O–H groups in total. The molecule has 1 rings (SSSR count). The molecule has 0 saturated carbocycles. The van der Waals surface area contributed by atoms with Gasteiger partial charge in [-0.2, -0.15) is 5.10 Å². The average molecular weight is 287 g/mol. The number of hydrogen-bond donors (Lipinski definition) is 1. The lowest BCUT2D eigenvalue weighted by atomic mass is 10.0. The molecular formula is C14H27ClN4. The lowest BCUT2D eigenvalue weighted by molar-refractivity contribution is 0.366. The Kier molecular flexibility index (Phi) is 7.42. The Bertz CT molecular complexity index is 362. The minimum absolute atomic E-state index is 0.432. The van der Waals surface area contributed by atoms with Crippen molar-refractivity contribution < 1.29 is 0 Å². The molecule has 0 saturated heterocycles. The fourth-order valence-electron chi connectivity index (χ4n) is 2.09. The van der Waals surface area contributed by atoms with Gasteiger partial charge in [0.05, 0.1) is 23.5 Å². The molecule has 0 radical (unpaired) electrons. The van der Waals surface area contributed by atoms with E-state index in [1.165, 1.54) is 12.1 Å². The van der Waals surface area contributed by atoms with E-state index in [2.05, 4.69) is 43.3 Å². The van der Waals surface area contributed by atoms with Crippen molar-refractivity contribution in [1.29, 1.82) is 0 Å². The number of nitrogens with zero attached hydrogens (tertiary/aromatic N) is 3. The van der Waals surface area contributed by atoms with Gasteiger partial charge < -0.3 is 10.2 Å². The molecule has 0 aliphatic rings. The highest BCUT2D eigenvalue weighted by atomic mass is 35.5. The second-order valence-electron chi connectivity index (χ2n) is 5.34. The van der Waals surface area contributed by atoms with Gasteiger partial charge in [0, 0.05) is 12.5 Å². The van der Waals surface area contributed by atoms with Gasteiger partial charge in [-0.1, -0.05) is 25.4 Å². The Balaban J connectivity index is 2.56. The zero-order valence-electron chi connectivity index (χ0n) is 12.6. The number of nitrogens with one attached hydrogen (secondary N) is 1. The van der Waals surface area contributed by atoms with Crippen LogP contribution in [0.5, 0.6) is 0 Å². The van der Waals surface area contributed by atoms with E-state index in [1.807, 2.05) is 4.68 Å². The highest BCUT2D eigenvalue weighted by Gasteiger charge is 2.16. The van der Waals surface area contributed by atoms with Crippen LogP contribution >= 0.6 is 11.6 Å². The van der Waals surface area contributed by atoms with Crippen LogP contribution in [0.2, 0.25) is 5.02 Å². The van der Waals surface area contributed by atoms with E-state index in [-0.39, 0.29) is 0 Å². The maximum atomic E-state index is 6.28.